The number of aliphatic carboxylic acids is 1. The highest BCUT2D eigenvalue weighted by Crippen LogP contribution is 2.35. The predicted octanol–water partition coefficient (Wildman–Crippen LogP) is 4.59. The van der Waals surface area contributed by atoms with Crippen LogP contribution < -0.4 is 5.56 Å². The number of aromatic amines is 1. The normalized spacial score (nSPS) is 12.0. The first-order chi connectivity index (χ1) is 12.0. The van der Waals surface area contributed by atoms with Crippen LogP contribution in [0.3, 0.4) is 0 Å². The third-order valence-electron chi connectivity index (χ3n) is 4.12. The zero-order valence-corrected chi connectivity index (χ0v) is 14.1. The van der Waals surface area contributed by atoms with E-state index in [9.17, 15) is 14.7 Å². The average molecular weight is 354 g/mol. The fourth-order valence-electron chi connectivity index (χ4n) is 3.04. The Kier molecular flexibility index (Phi) is 4.72. The molecule has 1 aromatic heterocycles. The molecular formula is C20H16ClNO3. The van der Waals surface area contributed by atoms with E-state index in [1.807, 2.05) is 30.3 Å². The fourth-order valence-corrected chi connectivity index (χ4v) is 3.21. The Balaban J connectivity index is 2.47. The van der Waals surface area contributed by atoms with Crippen molar-refractivity contribution in [3.63, 3.8) is 0 Å². The molecule has 1 unspecified atom stereocenters. The summed E-state index contributed by atoms with van der Waals surface area (Å²) in [7, 11) is 0. The Morgan fingerprint density at radius 2 is 1.96 bits per heavy atom. The number of H-pyrrole nitrogens is 1. The second-order valence-corrected chi connectivity index (χ2v) is 6.15. The zero-order chi connectivity index (χ0) is 18.0. The third kappa shape index (κ3) is 3.21. The Labute approximate surface area is 149 Å². The Bertz CT molecular complexity index is 1010. The number of carbonyl (C=O) groups is 1. The molecule has 3 rings (SSSR count). The quantitative estimate of drug-likeness (QED) is 0.659. The number of hydrogen-bond donors (Lipinski definition) is 2. The molecule has 0 radical (unpaired) electrons. The van der Waals surface area contributed by atoms with Crippen molar-refractivity contribution in [2.45, 2.75) is 12.3 Å². The summed E-state index contributed by atoms with van der Waals surface area (Å²) in [5, 5.41) is 10.9. The number of hydrogen-bond acceptors (Lipinski definition) is 2. The van der Waals surface area contributed by atoms with Gasteiger partial charge in [0.2, 0.25) is 0 Å². The minimum absolute atomic E-state index is 0.157. The van der Waals surface area contributed by atoms with Gasteiger partial charge in [0.25, 0.3) is 5.56 Å². The molecule has 25 heavy (non-hydrogen) atoms. The van der Waals surface area contributed by atoms with Gasteiger partial charge in [-0.3, -0.25) is 9.59 Å². The SMILES string of the molecule is C=CCC(C(=O)O)c1c(-c2ccccc2)c2cc(Cl)ccc2[nH]c1=O. The maximum absolute atomic E-state index is 12.7. The second kappa shape index (κ2) is 6.95. The Hall–Kier alpha value is -2.85. The molecular weight excluding hydrogens is 338 g/mol. The average Bonchev–Trinajstić information content (AvgIpc) is 2.60. The number of fused-ring (bicyclic) bond motifs is 1. The number of rotatable bonds is 5. The maximum atomic E-state index is 12.7. The van der Waals surface area contributed by atoms with Gasteiger partial charge >= 0.3 is 5.97 Å². The van der Waals surface area contributed by atoms with E-state index in [0.717, 1.165) is 5.56 Å². The first-order valence-corrected chi connectivity index (χ1v) is 8.15. The topological polar surface area (TPSA) is 70.2 Å². The summed E-state index contributed by atoms with van der Waals surface area (Å²) in [6.07, 6.45) is 1.67. The second-order valence-electron chi connectivity index (χ2n) is 5.71. The van der Waals surface area contributed by atoms with Crippen molar-refractivity contribution in [2.75, 3.05) is 0 Å². The summed E-state index contributed by atoms with van der Waals surface area (Å²) >= 11 is 6.15. The van der Waals surface area contributed by atoms with Crippen molar-refractivity contribution in [3.05, 3.63) is 82.1 Å². The van der Waals surface area contributed by atoms with Gasteiger partial charge in [-0.05, 0) is 30.2 Å². The van der Waals surface area contributed by atoms with E-state index >= 15 is 0 Å². The lowest BCUT2D eigenvalue weighted by molar-refractivity contribution is -0.138. The lowest BCUT2D eigenvalue weighted by Gasteiger charge is -2.17. The van der Waals surface area contributed by atoms with E-state index < -0.39 is 17.4 Å². The molecule has 0 saturated heterocycles. The molecule has 2 aromatic carbocycles. The zero-order valence-electron chi connectivity index (χ0n) is 13.3. The number of pyridine rings is 1. The molecule has 5 heteroatoms. The summed E-state index contributed by atoms with van der Waals surface area (Å²) in [6, 6.07) is 14.4. The van der Waals surface area contributed by atoms with Crippen molar-refractivity contribution in [2.24, 2.45) is 0 Å². The highest BCUT2D eigenvalue weighted by atomic mass is 35.5. The number of nitrogens with one attached hydrogen (secondary N) is 1. The predicted molar refractivity (Wildman–Crippen MR) is 100 cm³/mol. The molecule has 1 heterocycles. The standard InChI is InChI=1S/C20H16ClNO3/c1-2-6-14(20(24)25)18-17(12-7-4-3-5-8-12)15-11-13(21)9-10-16(15)22-19(18)23/h2-5,7-11,14H,1,6H2,(H,22,23)(H,24,25). The molecule has 0 aliphatic rings. The molecule has 4 nitrogen and oxygen atoms in total. The Morgan fingerprint density at radius 1 is 1.24 bits per heavy atom. The third-order valence-corrected chi connectivity index (χ3v) is 4.36. The van der Waals surface area contributed by atoms with Gasteiger partial charge in [0.1, 0.15) is 0 Å². The van der Waals surface area contributed by atoms with Crippen LogP contribution in [0.15, 0.2) is 66.0 Å². The largest absolute Gasteiger partial charge is 0.481 e. The number of halogens is 1. The van der Waals surface area contributed by atoms with E-state index in [1.165, 1.54) is 6.08 Å². The first-order valence-electron chi connectivity index (χ1n) is 7.77. The van der Waals surface area contributed by atoms with Crippen LogP contribution in [-0.4, -0.2) is 16.1 Å². The summed E-state index contributed by atoms with van der Waals surface area (Å²) < 4.78 is 0. The molecule has 0 saturated carbocycles. The van der Waals surface area contributed by atoms with E-state index in [-0.39, 0.29) is 12.0 Å². The van der Waals surface area contributed by atoms with Gasteiger partial charge in [0.15, 0.2) is 0 Å². The highest BCUT2D eigenvalue weighted by molar-refractivity contribution is 6.31. The van der Waals surface area contributed by atoms with Crippen LogP contribution in [0.1, 0.15) is 17.9 Å². The number of aromatic nitrogens is 1. The van der Waals surface area contributed by atoms with E-state index in [4.69, 9.17) is 11.6 Å². The molecule has 0 aliphatic carbocycles. The van der Waals surface area contributed by atoms with Crippen molar-refractivity contribution in [3.8, 4) is 11.1 Å². The van der Waals surface area contributed by atoms with E-state index in [0.29, 0.717) is 21.5 Å². The monoisotopic (exact) mass is 353 g/mol. The minimum atomic E-state index is -1.07. The van der Waals surface area contributed by atoms with Crippen molar-refractivity contribution >= 4 is 28.5 Å². The summed E-state index contributed by atoms with van der Waals surface area (Å²) in [5.41, 5.74) is 1.78. The molecule has 126 valence electrons. The lowest BCUT2D eigenvalue weighted by Crippen LogP contribution is -2.23. The molecule has 1 atom stereocenters. The minimum Gasteiger partial charge on any atom is -0.481 e. The van der Waals surface area contributed by atoms with Crippen LogP contribution >= 0.6 is 11.6 Å². The molecule has 3 aromatic rings. The van der Waals surface area contributed by atoms with Gasteiger partial charge in [-0.25, -0.2) is 0 Å². The van der Waals surface area contributed by atoms with Gasteiger partial charge in [0.05, 0.1) is 5.92 Å². The van der Waals surface area contributed by atoms with Crippen LogP contribution in [0.25, 0.3) is 22.0 Å². The molecule has 2 N–H and O–H groups in total. The molecule has 0 amide bonds. The smallest absolute Gasteiger partial charge is 0.311 e. The lowest BCUT2D eigenvalue weighted by atomic mass is 9.87. The number of allylic oxidation sites excluding steroid dienone is 1. The van der Waals surface area contributed by atoms with Crippen LogP contribution in [0, 0.1) is 0 Å². The van der Waals surface area contributed by atoms with Gasteiger partial charge in [0, 0.05) is 27.1 Å². The van der Waals surface area contributed by atoms with Crippen LogP contribution in [0.2, 0.25) is 5.02 Å². The van der Waals surface area contributed by atoms with Gasteiger partial charge in [-0.1, -0.05) is 48.0 Å². The number of carboxylic acids is 1. The van der Waals surface area contributed by atoms with Crippen molar-refractivity contribution in [1.29, 1.82) is 0 Å². The maximum Gasteiger partial charge on any atom is 0.311 e. The molecule has 0 bridgehead atoms. The van der Waals surface area contributed by atoms with E-state index in [2.05, 4.69) is 11.6 Å². The van der Waals surface area contributed by atoms with Crippen LogP contribution in [0.5, 0.6) is 0 Å². The van der Waals surface area contributed by atoms with Crippen molar-refractivity contribution < 1.29 is 9.90 Å². The highest BCUT2D eigenvalue weighted by Gasteiger charge is 2.27. The molecule has 0 fully saturated rings. The summed E-state index contributed by atoms with van der Waals surface area (Å²) in [4.78, 5) is 27.3. The molecule has 0 aliphatic heterocycles. The fraction of sp³-hybridized carbons (Fsp3) is 0.100. The summed E-state index contributed by atoms with van der Waals surface area (Å²) in [6.45, 7) is 3.62. The van der Waals surface area contributed by atoms with Crippen LogP contribution in [-0.2, 0) is 4.79 Å². The molecule has 0 spiro atoms. The number of benzene rings is 2. The first kappa shape index (κ1) is 17.0. The number of carboxylic acid groups (broad SMARTS) is 1. The van der Waals surface area contributed by atoms with Crippen molar-refractivity contribution in [1.82, 2.24) is 4.98 Å². The van der Waals surface area contributed by atoms with Gasteiger partial charge < -0.3 is 10.1 Å². The van der Waals surface area contributed by atoms with E-state index in [1.54, 1.807) is 18.2 Å². The van der Waals surface area contributed by atoms with Gasteiger partial charge in [-0.15, -0.1) is 6.58 Å². The Morgan fingerprint density at radius 3 is 2.60 bits per heavy atom. The van der Waals surface area contributed by atoms with Crippen LogP contribution in [0.4, 0.5) is 0 Å². The van der Waals surface area contributed by atoms with Gasteiger partial charge in [-0.2, -0.15) is 0 Å². The summed E-state index contributed by atoms with van der Waals surface area (Å²) in [5.74, 6) is -2.05.